The molecular formula is C28H27F2N7O4. The number of rotatable bonds is 8. The molecule has 4 heterocycles. The largest absolute Gasteiger partial charge is 0.485 e. The van der Waals surface area contributed by atoms with Crippen LogP contribution in [0.4, 0.5) is 25.2 Å². The van der Waals surface area contributed by atoms with E-state index in [-0.39, 0.29) is 30.4 Å². The number of carboxylic acid groups (broad SMARTS) is 1. The van der Waals surface area contributed by atoms with E-state index in [1.165, 1.54) is 18.2 Å². The first-order valence-corrected chi connectivity index (χ1v) is 13.0. The summed E-state index contributed by atoms with van der Waals surface area (Å²) in [6.07, 6.45) is 1.99. The molecule has 0 bridgehead atoms. The number of aryl methyl sites for hydroxylation is 1. The van der Waals surface area contributed by atoms with Crippen LogP contribution in [0.15, 0.2) is 36.5 Å². The number of fused-ring (bicyclic) bond motifs is 2. The highest BCUT2D eigenvalue weighted by Gasteiger charge is 2.46. The van der Waals surface area contributed by atoms with Crippen LogP contribution in [0, 0.1) is 18.6 Å². The Morgan fingerprint density at radius 1 is 1.15 bits per heavy atom. The number of anilines is 2. The van der Waals surface area contributed by atoms with Crippen molar-refractivity contribution >= 4 is 29.3 Å². The summed E-state index contributed by atoms with van der Waals surface area (Å²) in [5, 5.41) is 17.9. The minimum atomic E-state index is -1.10. The summed E-state index contributed by atoms with van der Waals surface area (Å²) in [6.45, 7) is 5.25. The molecule has 2 aliphatic rings. The van der Waals surface area contributed by atoms with E-state index in [2.05, 4.69) is 25.9 Å². The molecule has 1 aliphatic heterocycles. The number of carbonyl (C=O) groups is 2. The molecule has 0 unspecified atom stereocenters. The van der Waals surface area contributed by atoms with Crippen molar-refractivity contribution in [2.24, 2.45) is 0 Å². The van der Waals surface area contributed by atoms with Gasteiger partial charge in [-0.15, -0.1) is 0 Å². The summed E-state index contributed by atoms with van der Waals surface area (Å²) in [5.41, 5.74) is 0.329. The normalized spacial score (nSPS) is 16.3. The van der Waals surface area contributed by atoms with Crippen LogP contribution in [0.3, 0.4) is 0 Å². The van der Waals surface area contributed by atoms with Crippen LogP contribution in [-0.4, -0.2) is 48.5 Å². The molecule has 1 saturated carbocycles. The van der Waals surface area contributed by atoms with E-state index in [1.807, 2.05) is 0 Å². The maximum atomic E-state index is 14.2. The van der Waals surface area contributed by atoms with Gasteiger partial charge in [-0.1, -0.05) is 6.07 Å². The zero-order chi connectivity index (χ0) is 29.1. The molecule has 3 aromatic heterocycles. The molecule has 6 rings (SSSR count). The van der Waals surface area contributed by atoms with Crippen LogP contribution >= 0.6 is 0 Å². The predicted molar refractivity (Wildman–Crippen MR) is 145 cm³/mol. The second kappa shape index (κ2) is 9.39. The van der Waals surface area contributed by atoms with E-state index < -0.39 is 28.7 Å². The van der Waals surface area contributed by atoms with Gasteiger partial charge in [0, 0.05) is 12.7 Å². The summed E-state index contributed by atoms with van der Waals surface area (Å²) in [4.78, 5) is 38.2. The van der Waals surface area contributed by atoms with Gasteiger partial charge >= 0.3 is 6.09 Å². The molecule has 1 aromatic carbocycles. The smallest absolute Gasteiger partial charge is 0.405 e. The summed E-state index contributed by atoms with van der Waals surface area (Å²) in [7, 11) is 0. The number of pyridine rings is 1. The van der Waals surface area contributed by atoms with Gasteiger partial charge in [-0.2, -0.15) is 0 Å². The van der Waals surface area contributed by atoms with Gasteiger partial charge in [-0.25, -0.2) is 28.5 Å². The van der Waals surface area contributed by atoms with E-state index in [0.717, 1.165) is 0 Å². The Morgan fingerprint density at radius 3 is 2.56 bits per heavy atom. The van der Waals surface area contributed by atoms with Crippen molar-refractivity contribution in [2.45, 2.75) is 51.2 Å². The molecule has 0 atom stereocenters. The van der Waals surface area contributed by atoms with Crippen molar-refractivity contribution in [3.8, 4) is 17.3 Å². The minimum absolute atomic E-state index is 0.195. The first-order valence-electron chi connectivity index (χ1n) is 13.0. The van der Waals surface area contributed by atoms with Crippen LogP contribution in [0.1, 0.15) is 43.5 Å². The van der Waals surface area contributed by atoms with Gasteiger partial charge < -0.3 is 25.8 Å². The number of carbonyl (C=O) groups excluding carboxylic acids is 1. The molecule has 0 saturated heterocycles. The average Bonchev–Trinajstić information content (AvgIpc) is 3.50. The van der Waals surface area contributed by atoms with Crippen LogP contribution in [0.2, 0.25) is 0 Å². The highest BCUT2D eigenvalue weighted by Crippen LogP contribution is 2.43. The van der Waals surface area contributed by atoms with E-state index in [0.29, 0.717) is 52.8 Å². The Balaban J connectivity index is 1.39. The fourth-order valence-electron chi connectivity index (χ4n) is 5.09. The number of amides is 2. The van der Waals surface area contributed by atoms with Gasteiger partial charge in [0.25, 0.3) is 0 Å². The second-order valence-electron chi connectivity index (χ2n) is 10.9. The highest BCUT2D eigenvalue weighted by atomic mass is 19.1. The standard InChI is InChI=1S/C28H27F2N7O4/c1-14-20(37-11-5-8-18(24(37)32-14)41-12-15-16(29)6-4-7-17(15)30)23-33-21(31-13-28(9-10-28)36-26(39)40)19-22(34-23)35-25(38)27(19,2)3/h4-8,11,36H,9-10,12-13H2,1-3H3,(H,39,40)(H2,31,33,34,35,38). The number of imidazole rings is 1. The topological polar surface area (TPSA) is 143 Å². The van der Waals surface area contributed by atoms with Gasteiger partial charge in [0.1, 0.15) is 35.6 Å². The lowest BCUT2D eigenvalue weighted by atomic mass is 9.87. The lowest BCUT2D eigenvalue weighted by molar-refractivity contribution is -0.119. The Labute approximate surface area is 233 Å². The van der Waals surface area contributed by atoms with Crippen LogP contribution < -0.4 is 20.7 Å². The fourth-order valence-corrected chi connectivity index (χ4v) is 5.09. The Bertz CT molecular complexity index is 1710. The third kappa shape index (κ3) is 4.56. The van der Waals surface area contributed by atoms with E-state index >= 15 is 0 Å². The van der Waals surface area contributed by atoms with Gasteiger partial charge in [-0.3, -0.25) is 9.20 Å². The molecular weight excluding hydrogens is 536 g/mol. The number of benzene rings is 1. The summed E-state index contributed by atoms with van der Waals surface area (Å²) in [5.74, 6) is -0.335. The molecule has 4 N–H and O–H groups in total. The molecule has 1 fully saturated rings. The molecule has 212 valence electrons. The summed E-state index contributed by atoms with van der Waals surface area (Å²) < 4.78 is 35.8. The monoisotopic (exact) mass is 563 g/mol. The predicted octanol–water partition coefficient (Wildman–Crippen LogP) is 4.40. The first-order chi connectivity index (χ1) is 19.5. The van der Waals surface area contributed by atoms with Crippen molar-refractivity contribution in [1.29, 1.82) is 0 Å². The number of ether oxygens (including phenoxy) is 1. The Hall–Kier alpha value is -4.81. The van der Waals surface area contributed by atoms with Gasteiger partial charge in [0.2, 0.25) is 5.91 Å². The average molecular weight is 564 g/mol. The van der Waals surface area contributed by atoms with Gasteiger partial charge in [0.05, 0.1) is 27.8 Å². The van der Waals surface area contributed by atoms with Crippen molar-refractivity contribution in [3.05, 3.63) is 65.0 Å². The molecule has 1 aliphatic carbocycles. The second-order valence-corrected chi connectivity index (χ2v) is 10.9. The molecule has 0 spiro atoms. The number of halogens is 2. The van der Waals surface area contributed by atoms with Crippen molar-refractivity contribution in [2.75, 3.05) is 17.2 Å². The minimum Gasteiger partial charge on any atom is -0.485 e. The maximum absolute atomic E-state index is 14.2. The Morgan fingerprint density at radius 2 is 1.88 bits per heavy atom. The quantitative estimate of drug-likeness (QED) is 0.247. The summed E-state index contributed by atoms with van der Waals surface area (Å²) >= 11 is 0. The number of hydrogen-bond donors (Lipinski definition) is 4. The van der Waals surface area contributed by atoms with Crippen molar-refractivity contribution in [1.82, 2.24) is 24.7 Å². The Kier molecular flexibility index (Phi) is 6.05. The molecule has 0 radical (unpaired) electrons. The number of aromatic nitrogens is 4. The zero-order valence-electron chi connectivity index (χ0n) is 22.5. The first kappa shape index (κ1) is 26.4. The third-order valence-corrected chi connectivity index (χ3v) is 7.59. The van der Waals surface area contributed by atoms with Crippen LogP contribution in [0.5, 0.6) is 5.75 Å². The SMILES string of the molecule is Cc1nc2c(OCc3c(F)cccc3F)cccn2c1-c1nc(NCC2(NC(=O)O)CC2)c2c(n1)NC(=O)C2(C)C. The lowest BCUT2D eigenvalue weighted by Crippen LogP contribution is -2.41. The third-order valence-electron chi connectivity index (χ3n) is 7.59. The molecule has 4 aromatic rings. The highest BCUT2D eigenvalue weighted by molar-refractivity contribution is 6.06. The van der Waals surface area contributed by atoms with Crippen molar-refractivity contribution in [3.63, 3.8) is 0 Å². The van der Waals surface area contributed by atoms with E-state index in [1.54, 1.807) is 43.5 Å². The number of nitrogens with one attached hydrogen (secondary N) is 3. The lowest BCUT2D eigenvalue weighted by Gasteiger charge is -2.22. The zero-order valence-corrected chi connectivity index (χ0v) is 22.5. The van der Waals surface area contributed by atoms with E-state index in [9.17, 15) is 23.5 Å². The number of hydrogen-bond acceptors (Lipinski definition) is 7. The maximum Gasteiger partial charge on any atom is 0.405 e. The molecule has 41 heavy (non-hydrogen) atoms. The summed E-state index contributed by atoms with van der Waals surface area (Å²) in [6, 6.07) is 6.97. The fraction of sp³-hybridized carbons (Fsp3) is 0.321. The molecule has 13 heteroatoms. The van der Waals surface area contributed by atoms with Gasteiger partial charge in [0.15, 0.2) is 17.2 Å². The van der Waals surface area contributed by atoms with E-state index in [4.69, 9.17) is 9.72 Å². The molecule has 2 amide bonds. The molecule has 11 nitrogen and oxygen atoms in total. The van der Waals surface area contributed by atoms with Crippen LogP contribution in [-0.2, 0) is 16.8 Å². The number of nitrogens with zero attached hydrogens (tertiary/aromatic N) is 4. The van der Waals surface area contributed by atoms with Gasteiger partial charge in [-0.05, 0) is 57.9 Å². The van der Waals surface area contributed by atoms with Crippen LogP contribution in [0.25, 0.3) is 17.2 Å². The van der Waals surface area contributed by atoms with Crippen molar-refractivity contribution < 1.29 is 28.2 Å².